The summed E-state index contributed by atoms with van der Waals surface area (Å²) in [7, 11) is -3.54. The summed E-state index contributed by atoms with van der Waals surface area (Å²) in [6.45, 7) is 6.65. The summed E-state index contributed by atoms with van der Waals surface area (Å²) >= 11 is 5.35. The van der Waals surface area contributed by atoms with Crippen molar-refractivity contribution in [2.45, 2.75) is 44.4 Å². The number of hydrogen-bond donors (Lipinski definition) is 2. The van der Waals surface area contributed by atoms with Gasteiger partial charge >= 0.3 is 0 Å². The average molecular weight is 401 g/mol. The zero-order valence-electron chi connectivity index (χ0n) is 15.1. The molecule has 2 heterocycles. The van der Waals surface area contributed by atoms with Crippen LogP contribution in [0.3, 0.4) is 0 Å². The van der Waals surface area contributed by atoms with Crippen molar-refractivity contribution in [3.63, 3.8) is 0 Å². The summed E-state index contributed by atoms with van der Waals surface area (Å²) in [5, 5.41) is 9.89. The van der Waals surface area contributed by atoms with E-state index >= 15 is 0 Å². The van der Waals surface area contributed by atoms with Gasteiger partial charge in [0.15, 0.2) is 12.3 Å². The number of hydrogen-bond acceptors (Lipinski definition) is 5. The number of fused-ring (bicyclic) bond motifs is 1. The Morgan fingerprint density at radius 3 is 2.77 bits per heavy atom. The Bertz CT molecular complexity index is 931. The number of piperidine rings is 1. The molecule has 2 N–H and O–H groups in total. The van der Waals surface area contributed by atoms with Crippen molar-refractivity contribution >= 4 is 33.3 Å². The van der Waals surface area contributed by atoms with Gasteiger partial charge < -0.3 is 14.4 Å². The summed E-state index contributed by atoms with van der Waals surface area (Å²) in [6.07, 6.45) is 1.48. The Balaban J connectivity index is 2.00. The van der Waals surface area contributed by atoms with Gasteiger partial charge in [-0.2, -0.15) is 4.31 Å². The van der Waals surface area contributed by atoms with Crippen molar-refractivity contribution in [3.8, 4) is 0 Å². The van der Waals surface area contributed by atoms with E-state index in [1.54, 1.807) is 18.2 Å². The third kappa shape index (κ3) is 3.72. The van der Waals surface area contributed by atoms with E-state index in [0.717, 1.165) is 19.4 Å². The highest BCUT2D eigenvalue weighted by molar-refractivity contribution is 7.89. The molecule has 2 atom stereocenters. The fourth-order valence-corrected chi connectivity index (χ4v) is 5.29. The SMILES string of the molecule is CCN(CC)S(=O)(=O)c1ccc2oc(=S)n(C[NH+]3CCC[C@@H](O)C3)c2c1. The number of nitrogens with one attached hydrogen (secondary N) is 1. The van der Waals surface area contributed by atoms with Gasteiger partial charge in [-0.05, 0) is 43.3 Å². The maximum atomic E-state index is 12.8. The number of quaternary nitrogens is 1. The van der Waals surface area contributed by atoms with Gasteiger partial charge in [-0.25, -0.2) is 8.42 Å². The van der Waals surface area contributed by atoms with Gasteiger partial charge in [0.05, 0.1) is 17.0 Å². The van der Waals surface area contributed by atoms with Crippen molar-refractivity contribution in [2.75, 3.05) is 26.2 Å². The molecule has 1 aliphatic heterocycles. The quantitative estimate of drug-likeness (QED) is 0.707. The number of oxazole rings is 1. The summed E-state index contributed by atoms with van der Waals surface area (Å²) in [4.78, 5) is 1.77. The molecule has 3 rings (SSSR count). The van der Waals surface area contributed by atoms with E-state index < -0.39 is 10.0 Å². The monoisotopic (exact) mass is 400 g/mol. The highest BCUT2D eigenvalue weighted by atomic mass is 32.2. The number of aromatic nitrogens is 1. The van der Waals surface area contributed by atoms with Gasteiger partial charge in [0, 0.05) is 13.1 Å². The van der Waals surface area contributed by atoms with Crippen LogP contribution in [0.4, 0.5) is 0 Å². The molecule has 144 valence electrons. The van der Waals surface area contributed by atoms with Crippen LogP contribution in [0.5, 0.6) is 0 Å². The molecule has 0 bridgehead atoms. The topological polar surface area (TPSA) is 80.1 Å². The Morgan fingerprint density at radius 1 is 1.38 bits per heavy atom. The van der Waals surface area contributed by atoms with Crippen LogP contribution in [0.25, 0.3) is 11.1 Å². The average Bonchev–Trinajstić information content (AvgIpc) is 2.91. The second-order valence-corrected chi connectivity index (χ2v) is 8.96. The van der Waals surface area contributed by atoms with Gasteiger partial charge in [0.2, 0.25) is 10.0 Å². The first-order valence-electron chi connectivity index (χ1n) is 9.02. The predicted molar refractivity (Wildman–Crippen MR) is 101 cm³/mol. The maximum absolute atomic E-state index is 12.8. The second-order valence-electron chi connectivity index (χ2n) is 6.67. The molecule has 1 unspecified atom stereocenters. The van der Waals surface area contributed by atoms with Crippen LogP contribution < -0.4 is 4.90 Å². The van der Waals surface area contributed by atoms with Crippen molar-refractivity contribution in [2.24, 2.45) is 0 Å². The smallest absolute Gasteiger partial charge is 0.274 e. The molecule has 1 aromatic carbocycles. The predicted octanol–water partition coefficient (Wildman–Crippen LogP) is 0.991. The van der Waals surface area contributed by atoms with Crippen molar-refractivity contribution < 1.29 is 22.8 Å². The molecular formula is C17H26N3O4S2+. The molecule has 0 amide bonds. The van der Waals surface area contributed by atoms with Gasteiger partial charge in [0.1, 0.15) is 12.6 Å². The van der Waals surface area contributed by atoms with Crippen LogP contribution in [-0.4, -0.2) is 54.7 Å². The van der Waals surface area contributed by atoms with Gasteiger partial charge in [0.25, 0.3) is 4.84 Å². The zero-order chi connectivity index (χ0) is 18.9. The molecule has 2 aromatic rings. The lowest BCUT2D eigenvalue weighted by molar-refractivity contribution is -0.930. The minimum Gasteiger partial charge on any atom is -0.429 e. The van der Waals surface area contributed by atoms with Crippen LogP contribution in [0, 0.1) is 4.84 Å². The van der Waals surface area contributed by atoms with Gasteiger partial charge in [-0.3, -0.25) is 4.57 Å². The van der Waals surface area contributed by atoms with Gasteiger partial charge in [-0.15, -0.1) is 0 Å². The fraction of sp³-hybridized carbons (Fsp3) is 0.588. The van der Waals surface area contributed by atoms with Crippen molar-refractivity contribution in [1.29, 1.82) is 0 Å². The highest BCUT2D eigenvalue weighted by Crippen LogP contribution is 2.23. The first-order chi connectivity index (χ1) is 12.4. The molecule has 1 fully saturated rings. The zero-order valence-corrected chi connectivity index (χ0v) is 16.8. The van der Waals surface area contributed by atoms with E-state index in [2.05, 4.69) is 0 Å². The number of aliphatic hydroxyl groups excluding tert-OH is 1. The summed E-state index contributed by atoms with van der Waals surface area (Å²) in [6, 6.07) is 4.87. The standard InChI is InChI=1S/C17H25N3O4S2/c1-3-19(4-2)26(22,23)14-7-8-16-15(10-14)20(17(25)24-16)12-18-9-5-6-13(21)11-18/h7-8,10,13,21H,3-6,9,11-12H2,1-2H3/p+1/t13-/m1/s1. The molecule has 0 radical (unpaired) electrons. The summed E-state index contributed by atoms with van der Waals surface area (Å²) in [5.41, 5.74) is 1.25. The number of likely N-dealkylation sites (tertiary alicyclic amines) is 1. The van der Waals surface area contributed by atoms with E-state index in [1.165, 1.54) is 9.21 Å². The third-order valence-corrected chi connectivity index (χ3v) is 7.31. The molecule has 1 aliphatic rings. The van der Waals surface area contributed by atoms with Crippen molar-refractivity contribution in [3.05, 3.63) is 23.0 Å². The Labute approximate surface area is 158 Å². The van der Waals surface area contributed by atoms with Gasteiger partial charge in [-0.1, -0.05) is 13.8 Å². The Morgan fingerprint density at radius 2 is 2.12 bits per heavy atom. The summed E-state index contributed by atoms with van der Waals surface area (Å²) < 4.78 is 34.5. The fourth-order valence-electron chi connectivity index (χ4n) is 3.56. The van der Waals surface area contributed by atoms with Crippen LogP contribution in [0.2, 0.25) is 0 Å². The summed E-state index contributed by atoms with van der Waals surface area (Å²) in [5.74, 6) is 0. The molecule has 0 saturated carbocycles. The number of nitrogens with zero attached hydrogens (tertiary/aromatic N) is 2. The molecule has 7 nitrogen and oxygen atoms in total. The molecule has 1 aromatic heterocycles. The first-order valence-corrected chi connectivity index (χ1v) is 10.9. The van der Waals surface area contributed by atoms with E-state index in [4.69, 9.17) is 16.6 Å². The number of sulfonamides is 1. The molecule has 9 heteroatoms. The molecule has 0 aliphatic carbocycles. The second kappa shape index (κ2) is 7.77. The lowest BCUT2D eigenvalue weighted by Gasteiger charge is -2.27. The van der Waals surface area contributed by atoms with Crippen LogP contribution in [-0.2, 0) is 16.7 Å². The highest BCUT2D eigenvalue weighted by Gasteiger charge is 2.25. The van der Waals surface area contributed by atoms with Crippen LogP contribution in [0.15, 0.2) is 27.5 Å². The third-order valence-electron chi connectivity index (χ3n) is 4.96. The maximum Gasteiger partial charge on any atom is 0.274 e. The van der Waals surface area contributed by atoms with Crippen LogP contribution >= 0.6 is 12.2 Å². The largest absolute Gasteiger partial charge is 0.429 e. The normalized spacial score (nSPS) is 21.5. The Hall–Kier alpha value is -1.26. The minimum atomic E-state index is -3.54. The molecule has 0 spiro atoms. The molecular weight excluding hydrogens is 374 g/mol. The van der Waals surface area contributed by atoms with E-state index in [9.17, 15) is 13.5 Å². The number of aliphatic hydroxyl groups is 1. The number of benzene rings is 1. The van der Waals surface area contributed by atoms with E-state index in [1.807, 2.05) is 18.4 Å². The van der Waals surface area contributed by atoms with Crippen molar-refractivity contribution in [1.82, 2.24) is 8.87 Å². The van der Waals surface area contributed by atoms with Crippen LogP contribution in [0.1, 0.15) is 26.7 Å². The molecule has 26 heavy (non-hydrogen) atoms. The first kappa shape index (κ1) is 19.5. The number of rotatable bonds is 6. The van der Waals surface area contributed by atoms with E-state index in [-0.39, 0.29) is 11.0 Å². The molecule has 1 saturated heterocycles. The van der Waals surface area contributed by atoms with E-state index in [0.29, 0.717) is 42.2 Å². The lowest BCUT2D eigenvalue weighted by atomic mass is 10.1. The minimum absolute atomic E-state index is 0.243. The Kier molecular flexibility index (Phi) is 5.83. The lowest BCUT2D eigenvalue weighted by Crippen LogP contribution is -3.13.